The van der Waals surface area contributed by atoms with Crippen LogP contribution in [0.15, 0.2) is 28.2 Å². The monoisotopic (exact) mass is 321 g/mol. The van der Waals surface area contributed by atoms with E-state index in [1.165, 1.54) is 23.5 Å². The fourth-order valence-electron chi connectivity index (χ4n) is 1.10. The number of nitrogens with one attached hydrogen (secondary N) is 1. The highest BCUT2D eigenvalue weighted by Gasteiger charge is 2.05. The summed E-state index contributed by atoms with van der Waals surface area (Å²) in [6.45, 7) is -2.81. The van der Waals surface area contributed by atoms with Crippen LogP contribution in [-0.2, 0) is 0 Å². The van der Waals surface area contributed by atoms with Gasteiger partial charge in [-0.3, -0.25) is 0 Å². The number of hydrogen-bond acceptors (Lipinski definition) is 5. The van der Waals surface area contributed by atoms with E-state index in [1.54, 1.807) is 12.1 Å². The quantitative estimate of drug-likeness (QED) is 0.933. The van der Waals surface area contributed by atoms with Gasteiger partial charge in [0.05, 0.1) is 0 Å². The normalized spacial score (nSPS) is 10.6. The maximum absolute atomic E-state index is 11.9. The van der Waals surface area contributed by atoms with Crippen molar-refractivity contribution < 1.29 is 13.5 Å². The molecule has 0 aliphatic carbocycles. The lowest BCUT2D eigenvalue weighted by molar-refractivity contribution is -0.0498. The minimum absolute atomic E-state index is 0.115. The Hall–Kier alpha value is -1.28. The fourth-order valence-corrected chi connectivity index (χ4v) is 2.13. The van der Waals surface area contributed by atoms with Crippen LogP contribution in [0, 0.1) is 0 Å². The molecule has 8 heteroatoms. The molecule has 0 bridgehead atoms. The third kappa shape index (κ3) is 3.60. The Bertz CT molecular complexity index is 491. The van der Waals surface area contributed by atoms with E-state index in [0.29, 0.717) is 9.05 Å². The molecule has 1 N–H and O–H groups in total. The van der Waals surface area contributed by atoms with E-state index < -0.39 is 6.61 Å². The second-order valence-corrected chi connectivity index (χ2v) is 5.14. The fraction of sp³-hybridized carbons (Fsp3) is 0.111. The average molecular weight is 322 g/mol. The lowest BCUT2D eigenvalue weighted by Crippen LogP contribution is -2.01. The third-order valence-corrected chi connectivity index (χ3v) is 3.00. The van der Waals surface area contributed by atoms with Gasteiger partial charge in [-0.15, -0.1) is 10.2 Å². The van der Waals surface area contributed by atoms with E-state index in [1.807, 2.05) is 0 Å². The molecule has 2 rings (SSSR count). The number of benzene rings is 1. The zero-order valence-electron chi connectivity index (χ0n) is 8.23. The molecule has 0 aliphatic rings. The average Bonchev–Trinajstić information content (AvgIpc) is 2.66. The summed E-state index contributed by atoms with van der Waals surface area (Å²) in [7, 11) is 0. The van der Waals surface area contributed by atoms with E-state index in [4.69, 9.17) is 0 Å². The number of nitrogens with zero attached hydrogens (tertiary/aromatic N) is 2. The van der Waals surface area contributed by atoms with E-state index in [0.717, 1.165) is 5.69 Å². The molecule has 0 unspecified atom stereocenters. The van der Waals surface area contributed by atoms with Crippen LogP contribution in [-0.4, -0.2) is 16.8 Å². The van der Waals surface area contributed by atoms with Gasteiger partial charge in [0, 0.05) is 5.69 Å². The maximum atomic E-state index is 11.9. The molecule has 0 amide bonds. The molecule has 0 saturated carbocycles. The summed E-state index contributed by atoms with van der Waals surface area (Å²) in [5.41, 5.74) is 0.718. The lowest BCUT2D eigenvalue weighted by Gasteiger charge is -2.05. The van der Waals surface area contributed by atoms with Crippen molar-refractivity contribution in [1.29, 1.82) is 0 Å². The summed E-state index contributed by atoms with van der Waals surface area (Å²) in [6, 6.07) is 6.13. The predicted octanol–water partition coefficient (Wildman–Crippen LogP) is 3.65. The minimum Gasteiger partial charge on any atom is -0.435 e. The molecule has 0 radical (unpaired) electrons. The summed E-state index contributed by atoms with van der Waals surface area (Å²) < 4.78 is 28.7. The van der Waals surface area contributed by atoms with Crippen LogP contribution in [0.25, 0.3) is 0 Å². The molecule has 4 nitrogen and oxygen atoms in total. The molecular weight excluding hydrogens is 316 g/mol. The van der Waals surface area contributed by atoms with Gasteiger partial charge in [0.1, 0.15) is 5.75 Å². The Labute approximate surface area is 108 Å². The summed E-state index contributed by atoms with van der Waals surface area (Å²) in [5, 5.41) is 11.2. The molecule has 1 aromatic heterocycles. The number of rotatable bonds is 4. The highest BCUT2D eigenvalue weighted by Crippen LogP contribution is 2.25. The number of halogens is 3. The van der Waals surface area contributed by atoms with Gasteiger partial charge in [-0.05, 0) is 40.2 Å². The van der Waals surface area contributed by atoms with Crippen LogP contribution in [0.1, 0.15) is 0 Å². The van der Waals surface area contributed by atoms with Gasteiger partial charge in [0.15, 0.2) is 3.92 Å². The van der Waals surface area contributed by atoms with Gasteiger partial charge in [0.25, 0.3) is 0 Å². The van der Waals surface area contributed by atoms with Crippen LogP contribution < -0.4 is 10.1 Å². The van der Waals surface area contributed by atoms with Crippen LogP contribution in [0.4, 0.5) is 19.6 Å². The van der Waals surface area contributed by atoms with Gasteiger partial charge in [-0.25, -0.2) is 0 Å². The van der Waals surface area contributed by atoms with Crippen molar-refractivity contribution in [3.8, 4) is 5.75 Å². The highest BCUT2D eigenvalue weighted by atomic mass is 79.9. The number of alkyl halides is 2. The summed E-state index contributed by atoms with van der Waals surface area (Å²) in [4.78, 5) is 0. The van der Waals surface area contributed by atoms with Crippen molar-refractivity contribution in [3.05, 3.63) is 28.2 Å². The Kier molecular flexibility index (Phi) is 3.85. The molecule has 90 valence electrons. The van der Waals surface area contributed by atoms with Crippen molar-refractivity contribution in [3.63, 3.8) is 0 Å². The lowest BCUT2D eigenvalue weighted by atomic mass is 10.3. The first-order valence-electron chi connectivity index (χ1n) is 4.44. The molecule has 1 heterocycles. The van der Waals surface area contributed by atoms with E-state index in [-0.39, 0.29) is 5.75 Å². The van der Waals surface area contributed by atoms with Gasteiger partial charge < -0.3 is 10.1 Å². The molecule has 0 atom stereocenters. The minimum atomic E-state index is -2.81. The molecule has 1 aromatic carbocycles. The second kappa shape index (κ2) is 5.37. The van der Waals surface area contributed by atoms with Gasteiger partial charge in [0.2, 0.25) is 5.13 Å². The maximum Gasteiger partial charge on any atom is 0.387 e. The van der Waals surface area contributed by atoms with Gasteiger partial charge >= 0.3 is 6.61 Å². The van der Waals surface area contributed by atoms with Crippen molar-refractivity contribution in [2.75, 3.05) is 5.32 Å². The standard InChI is InChI=1S/C9H6BrF2N3OS/c10-7-14-15-9(17-7)13-5-1-3-6(4-2-5)16-8(11)12/h1-4,8H,(H,13,15). The van der Waals surface area contributed by atoms with Crippen molar-refractivity contribution in [1.82, 2.24) is 10.2 Å². The zero-order chi connectivity index (χ0) is 12.3. The highest BCUT2D eigenvalue weighted by molar-refractivity contribution is 9.11. The SMILES string of the molecule is FC(F)Oc1ccc(Nc2nnc(Br)s2)cc1. The molecule has 0 spiro atoms. The van der Waals surface area contributed by atoms with Crippen LogP contribution in [0.5, 0.6) is 5.75 Å². The molecule has 0 aliphatic heterocycles. The largest absolute Gasteiger partial charge is 0.435 e. The number of anilines is 2. The zero-order valence-corrected chi connectivity index (χ0v) is 10.6. The van der Waals surface area contributed by atoms with Crippen molar-refractivity contribution in [2.45, 2.75) is 6.61 Å². The molecule has 17 heavy (non-hydrogen) atoms. The van der Waals surface area contributed by atoms with E-state index >= 15 is 0 Å². The predicted molar refractivity (Wildman–Crippen MR) is 64.0 cm³/mol. The number of ether oxygens (including phenoxy) is 1. The van der Waals surface area contributed by atoms with Gasteiger partial charge in [-0.1, -0.05) is 11.3 Å². The smallest absolute Gasteiger partial charge is 0.387 e. The molecule has 0 fully saturated rings. The van der Waals surface area contributed by atoms with Crippen molar-refractivity contribution >= 4 is 38.1 Å². The van der Waals surface area contributed by atoms with Crippen LogP contribution >= 0.6 is 27.3 Å². The molecule has 0 saturated heterocycles. The van der Waals surface area contributed by atoms with Crippen LogP contribution in [0.3, 0.4) is 0 Å². The Morgan fingerprint density at radius 1 is 1.24 bits per heavy atom. The third-order valence-electron chi connectivity index (χ3n) is 1.73. The van der Waals surface area contributed by atoms with E-state index in [2.05, 4.69) is 36.2 Å². The Balaban J connectivity index is 2.03. The summed E-state index contributed by atoms with van der Waals surface area (Å²) in [6.07, 6.45) is 0. The van der Waals surface area contributed by atoms with Crippen LogP contribution in [0.2, 0.25) is 0 Å². The summed E-state index contributed by atoms with van der Waals surface area (Å²) >= 11 is 4.52. The number of hydrogen-bond donors (Lipinski definition) is 1. The summed E-state index contributed by atoms with van der Waals surface area (Å²) in [5.74, 6) is 0.115. The topological polar surface area (TPSA) is 47.0 Å². The van der Waals surface area contributed by atoms with Gasteiger partial charge in [-0.2, -0.15) is 8.78 Å². The first-order valence-corrected chi connectivity index (χ1v) is 6.05. The first-order chi connectivity index (χ1) is 8.13. The Morgan fingerprint density at radius 2 is 1.94 bits per heavy atom. The molecule has 2 aromatic rings. The second-order valence-electron chi connectivity index (χ2n) is 2.89. The Morgan fingerprint density at radius 3 is 2.47 bits per heavy atom. The molecular formula is C9H6BrF2N3OS. The van der Waals surface area contributed by atoms with E-state index in [9.17, 15) is 8.78 Å². The number of aromatic nitrogens is 2. The van der Waals surface area contributed by atoms with Crippen molar-refractivity contribution in [2.24, 2.45) is 0 Å². The first kappa shape index (κ1) is 12.2.